The van der Waals surface area contributed by atoms with Gasteiger partial charge >= 0.3 is 0 Å². The van der Waals surface area contributed by atoms with Crippen LogP contribution >= 0.6 is 11.3 Å². The van der Waals surface area contributed by atoms with Crippen molar-refractivity contribution in [2.75, 3.05) is 13.1 Å². The summed E-state index contributed by atoms with van der Waals surface area (Å²) >= 11 is 1.19. The molecule has 0 atom stereocenters. The normalized spacial score (nSPS) is 16.4. The van der Waals surface area contributed by atoms with E-state index in [1.807, 2.05) is 6.92 Å². The van der Waals surface area contributed by atoms with Crippen LogP contribution in [0.1, 0.15) is 31.7 Å². The van der Waals surface area contributed by atoms with Crippen LogP contribution in [0.2, 0.25) is 0 Å². The van der Waals surface area contributed by atoms with Crippen molar-refractivity contribution >= 4 is 21.4 Å². The van der Waals surface area contributed by atoms with Crippen LogP contribution in [0.4, 0.5) is 0 Å². The van der Waals surface area contributed by atoms with Crippen molar-refractivity contribution in [1.29, 1.82) is 0 Å². The van der Waals surface area contributed by atoms with Crippen LogP contribution in [0, 0.1) is 5.92 Å². The first kappa shape index (κ1) is 14.0. The minimum atomic E-state index is -3.37. The largest absolute Gasteiger partial charge is 0.392 e. The third kappa shape index (κ3) is 3.12. The Morgan fingerprint density at radius 3 is 2.72 bits per heavy atom. The maximum atomic E-state index is 12.5. The number of sulfonamides is 1. The zero-order chi connectivity index (χ0) is 13.2. The van der Waals surface area contributed by atoms with E-state index in [0.29, 0.717) is 28.8 Å². The molecule has 0 amide bonds. The summed E-state index contributed by atoms with van der Waals surface area (Å²) in [5.41, 5.74) is 0.668. The number of nitrogens with zero attached hydrogens (tertiary/aromatic N) is 1. The molecule has 1 aromatic heterocycles. The Balaban J connectivity index is 2.19. The quantitative estimate of drug-likeness (QED) is 0.836. The van der Waals surface area contributed by atoms with Crippen LogP contribution in [0.15, 0.2) is 15.7 Å². The predicted octanol–water partition coefficient (Wildman–Crippen LogP) is 2.05. The van der Waals surface area contributed by atoms with Crippen LogP contribution in [0.3, 0.4) is 0 Å². The van der Waals surface area contributed by atoms with Gasteiger partial charge in [0.15, 0.2) is 0 Å². The Hall–Kier alpha value is -0.430. The fourth-order valence-corrected chi connectivity index (χ4v) is 4.81. The van der Waals surface area contributed by atoms with Gasteiger partial charge in [0.05, 0.1) is 6.61 Å². The summed E-state index contributed by atoms with van der Waals surface area (Å²) in [6, 6.07) is 1.58. The third-order valence-corrected chi connectivity index (χ3v) is 6.37. The molecule has 2 rings (SSSR count). The molecule has 4 nitrogen and oxygen atoms in total. The van der Waals surface area contributed by atoms with Gasteiger partial charge in [-0.15, -0.1) is 11.3 Å². The van der Waals surface area contributed by atoms with E-state index in [1.165, 1.54) is 11.3 Å². The minimum Gasteiger partial charge on any atom is -0.392 e. The van der Waals surface area contributed by atoms with Gasteiger partial charge in [0.25, 0.3) is 10.0 Å². The summed E-state index contributed by atoms with van der Waals surface area (Å²) in [7, 11) is -3.37. The van der Waals surface area contributed by atoms with Crippen molar-refractivity contribution in [3.05, 3.63) is 17.0 Å². The lowest BCUT2D eigenvalue weighted by atomic mass is 10.4. The van der Waals surface area contributed by atoms with Crippen LogP contribution in [0.25, 0.3) is 0 Å². The zero-order valence-corrected chi connectivity index (χ0v) is 12.1. The summed E-state index contributed by atoms with van der Waals surface area (Å²) < 4.78 is 26.9. The molecule has 1 aliphatic rings. The second-order valence-corrected chi connectivity index (χ2v) is 7.81. The number of rotatable bonds is 7. The molecule has 1 aliphatic carbocycles. The third-order valence-electron chi connectivity index (χ3n) is 3.04. The molecule has 6 heteroatoms. The van der Waals surface area contributed by atoms with Crippen molar-refractivity contribution < 1.29 is 13.5 Å². The highest BCUT2D eigenvalue weighted by molar-refractivity contribution is 7.91. The number of thiophene rings is 1. The highest BCUT2D eigenvalue weighted by atomic mass is 32.2. The molecular formula is C12H19NO3S2. The molecule has 0 spiro atoms. The molecule has 1 saturated carbocycles. The van der Waals surface area contributed by atoms with E-state index in [0.717, 1.165) is 19.3 Å². The summed E-state index contributed by atoms with van der Waals surface area (Å²) in [5.74, 6) is 0.545. The molecule has 0 radical (unpaired) electrons. The number of aliphatic hydroxyl groups is 1. The molecule has 0 unspecified atom stereocenters. The van der Waals surface area contributed by atoms with Crippen molar-refractivity contribution in [2.45, 2.75) is 37.0 Å². The van der Waals surface area contributed by atoms with E-state index in [4.69, 9.17) is 5.11 Å². The van der Waals surface area contributed by atoms with E-state index in [-0.39, 0.29) is 6.61 Å². The van der Waals surface area contributed by atoms with E-state index in [9.17, 15) is 8.42 Å². The molecule has 18 heavy (non-hydrogen) atoms. The first-order valence-corrected chi connectivity index (χ1v) is 8.58. The topological polar surface area (TPSA) is 57.6 Å². The number of hydrogen-bond donors (Lipinski definition) is 1. The van der Waals surface area contributed by atoms with E-state index < -0.39 is 10.0 Å². The summed E-state index contributed by atoms with van der Waals surface area (Å²) in [5, 5.41) is 10.7. The van der Waals surface area contributed by atoms with Gasteiger partial charge in [0.2, 0.25) is 0 Å². The van der Waals surface area contributed by atoms with E-state index >= 15 is 0 Å². The number of aliphatic hydroxyl groups excluding tert-OH is 1. The van der Waals surface area contributed by atoms with Crippen LogP contribution in [0.5, 0.6) is 0 Å². The standard InChI is InChI=1S/C12H19NO3S2/c1-2-5-13(7-10-3-4-10)18(15,16)12-6-11(8-14)9-17-12/h6,9-10,14H,2-5,7-8H2,1H3. The van der Waals surface area contributed by atoms with Crippen LogP contribution < -0.4 is 0 Å². The van der Waals surface area contributed by atoms with Gasteiger partial charge < -0.3 is 5.11 Å². The molecule has 0 aromatic carbocycles. The van der Waals surface area contributed by atoms with Crippen molar-refractivity contribution in [1.82, 2.24) is 4.31 Å². The predicted molar refractivity (Wildman–Crippen MR) is 72.0 cm³/mol. The fraction of sp³-hybridized carbons (Fsp3) is 0.667. The summed E-state index contributed by atoms with van der Waals surface area (Å²) in [6.07, 6.45) is 3.11. The Kier molecular flexibility index (Phi) is 4.42. The van der Waals surface area contributed by atoms with Crippen molar-refractivity contribution in [2.24, 2.45) is 5.92 Å². The molecule has 1 aromatic rings. The van der Waals surface area contributed by atoms with Gasteiger partial charge in [-0.05, 0) is 42.2 Å². The average molecular weight is 289 g/mol. The highest BCUT2D eigenvalue weighted by Crippen LogP contribution is 2.32. The maximum Gasteiger partial charge on any atom is 0.252 e. The Morgan fingerprint density at radius 2 is 2.22 bits per heavy atom. The van der Waals surface area contributed by atoms with Crippen LogP contribution in [-0.4, -0.2) is 30.9 Å². The Bertz CT molecular complexity index is 491. The Morgan fingerprint density at radius 1 is 1.50 bits per heavy atom. The van der Waals surface area contributed by atoms with Gasteiger partial charge in [-0.2, -0.15) is 4.31 Å². The second-order valence-electron chi connectivity index (χ2n) is 4.74. The van der Waals surface area contributed by atoms with Crippen molar-refractivity contribution in [3.8, 4) is 0 Å². The van der Waals surface area contributed by atoms with Gasteiger partial charge in [0.1, 0.15) is 4.21 Å². The summed E-state index contributed by atoms with van der Waals surface area (Å²) in [6.45, 7) is 3.10. The minimum absolute atomic E-state index is 0.109. The highest BCUT2D eigenvalue weighted by Gasteiger charge is 2.31. The molecule has 0 aliphatic heterocycles. The molecule has 1 N–H and O–H groups in total. The fourth-order valence-electron chi connectivity index (χ4n) is 1.85. The Labute approximate surface area is 112 Å². The molecule has 102 valence electrons. The molecule has 0 saturated heterocycles. The monoisotopic (exact) mass is 289 g/mol. The van der Waals surface area contributed by atoms with Crippen LogP contribution in [-0.2, 0) is 16.6 Å². The lowest BCUT2D eigenvalue weighted by Crippen LogP contribution is -2.33. The maximum absolute atomic E-state index is 12.5. The van der Waals surface area contributed by atoms with Gasteiger partial charge in [0, 0.05) is 13.1 Å². The van der Waals surface area contributed by atoms with Crippen molar-refractivity contribution in [3.63, 3.8) is 0 Å². The second kappa shape index (κ2) is 5.69. The lowest BCUT2D eigenvalue weighted by molar-refractivity contribution is 0.282. The first-order valence-electron chi connectivity index (χ1n) is 6.26. The van der Waals surface area contributed by atoms with Gasteiger partial charge in [-0.3, -0.25) is 0 Å². The smallest absolute Gasteiger partial charge is 0.252 e. The van der Waals surface area contributed by atoms with E-state index in [2.05, 4.69) is 0 Å². The average Bonchev–Trinajstić information content (AvgIpc) is 3.02. The SMILES string of the molecule is CCCN(CC1CC1)S(=O)(=O)c1cc(CO)cs1. The number of hydrogen-bond acceptors (Lipinski definition) is 4. The lowest BCUT2D eigenvalue weighted by Gasteiger charge is -2.20. The molecule has 0 bridgehead atoms. The van der Waals surface area contributed by atoms with E-state index in [1.54, 1.807) is 15.8 Å². The van der Waals surface area contributed by atoms with Gasteiger partial charge in [-0.1, -0.05) is 6.92 Å². The molecule has 1 fully saturated rings. The summed E-state index contributed by atoms with van der Waals surface area (Å²) in [4.78, 5) is 0. The van der Waals surface area contributed by atoms with Gasteiger partial charge in [-0.25, -0.2) is 8.42 Å². The molecular weight excluding hydrogens is 270 g/mol. The molecule has 1 heterocycles. The first-order chi connectivity index (χ1) is 8.57. The zero-order valence-electron chi connectivity index (χ0n) is 10.5.